The molecule has 9 nitrogen and oxygen atoms in total. The minimum atomic E-state index is -3.50. The molecule has 0 radical (unpaired) electrons. The molecule has 1 N–H and O–H groups in total. The summed E-state index contributed by atoms with van der Waals surface area (Å²) in [5, 5.41) is 3.63. The van der Waals surface area contributed by atoms with Crippen LogP contribution in [-0.2, 0) is 19.9 Å². The maximum atomic E-state index is 13.1. The van der Waals surface area contributed by atoms with Crippen LogP contribution in [0, 0.1) is 0 Å². The number of hydrogen-bond donors (Lipinski definition) is 1. The smallest absolute Gasteiger partial charge is 0.235 e. The van der Waals surface area contributed by atoms with Crippen LogP contribution in [-0.4, -0.2) is 69.4 Å². The van der Waals surface area contributed by atoms with Crippen molar-refractivity contribution in [2.24, 2.45) is 0 Å². The second-order valence-corrected chi connectivity index (χ2v) is 13.1. The molecule has 0 amide bonds. The zero-order chi connectivity index (χ0) is 23.9. The summed E-state index contributed by atoms with van der Waals surface area (Å²) >= 11 is 0. The van der Waals surface area contributed by atoms with Gasteiger partial charge in [0.25, 0.3) is 0 Å². The third kappa shape index (κ3) is 4.47. The van der Waals surface area contributed by atoms with Crippen LogP contribution in [0.25, 0.3) is 10.9 Å². The number of pyridine rings is 2. The van der Waals surface area contributed by atoms with Gasteiger partial charge in [-0.1, -0.05) is 0 Å². The predicted octanol–water partition coefficient (Wildman–Crippen LogP) is 2.78. The number of hydrogen-bond acceptors (Lipinski definition) is 8. The highest BCUT2D eigenvalue weighted by Crippen LogP contribution is 2.28. The van der Waals surface area contributed by atoms with Crippen molar-refractivity contribution in [2.75, 3.05) is 42.1 Å². The van der Waals surface area contributed by atoms with Crippen molar-refractivity contribution >= 4 is 48.0 Å². The second-order valence-electron chi connectivity index (χ2n) is 8.87. The van der Waals surface area contributed by atoms with Crippen LogP contribution < -0.4 is 9.62 Å². The summed E-state index contributed by atoms with van der Waals surface area (Å²) in [5.41, 5.74) is 1.92. The highest BCUT2D eigenvalue weighted by atomic mass is 32.2. The summed E-state index contributed by atoms with van der Waals surface area (Å²) in [7, 11) is -4.73. The van der Waals surface area contributed by atoms with E-state index in [0.29, 0.717) is 42.8 Å². The Bertz CT molecular complexity index is 1420. The fourth-order valence-corrected chi connectivity index (χ4v) is 7.70. The van der Waals surface area contributed by atoms with Crippen molar-refractivity contribution in [1.82, 2.24) is 14.9 Å². The maximum Gasteiger partial charge on any atom is 0.235 e. The quantitative estimate of drug-likeness (QED) is 0.568. The Labute approximate surface area is 199 Å². The molecule has 2 fully saturated rings. The van der Waals surface area contributed by atoms with E-state index in [1.807, 2.05) is 7.05 Å². The number of anilines is 3. The average Bonchev–Trinajstić information content (AvgIpc) is 3.18. The Morgan fingerprint density at radius 1 is 1.03 bits per heavy atom. The number of rotatable bonds is 5. The van der Waals surface area contributed by atoms with Gasteiger partial charge in [-0.25, -0.2) is 26.8 Å². The molecule has 2 saturated heterocycles. The van der Waals surface area contributed by atoms with Crippen LogP contribution >= 0.6 is 0 Å². The van der Waals surface area contributed by atoms with Gasteiger partial charge in [-0.15, -0.1) is 0 Å². The third-order valence-corrected chi connectivity index (χ3v) is 10.5. The van der Waals surface area contributed by atoms with Crippen molar-refractivity contribution < 1.29 is 16.8 Å². The number of likely N-dealkylation sites (tertiary alicyclic amines) is 1. The van der Waals surface area contributed by atoms with E-state index in [4.69, 9.17) is 0 Å². The molecular weight excluding hydrogens is 474 g/mol. The van der Waals surface area contributed by atoms with Crippen LogP contribution in [0.1, 0.15) is 19.3 Å². The molecule has 4 heterocycles. The molecule has 0 unspecified atom stereocenters. The van der Waals surface area contributed by atoms with E-state index in [0.717, 1.165) is 24.2 Å². The molecule has 0 atom stereocenters. The number of benzene rings is 1. The van der Waals surface area contributed by atoms with Crippen molar-refractivity contribution in [3.8, 4) is 0 Å². The number of nitrogens with zero attached hydrogens (tertiary/aromatic N) is 4. The Kier molecular flexibility index (Phi) is 5.95. The monoisotopic (exact) mass is 501 g/mol. The SMILES string of the molecule is CN1CCC(S(=O)(=O)c2ccc3cnc(Nc4ccc(N5CCCS5(=O)=O)cc4)cc3n2)CC1. The van der Waals surface area contributed by atoms with E-state index in [9.17, 15) is 16.8 Å². The number of aromatic nitrogens is 2. The Morgan fingerprint density at radius 3 is 2.44 bits per heavy atom. The first kappa shape index (κ1) is 23.0. The molecule has 2 aromatic heterocycles. The minimum absolute atomic E-state index is 0.0999. The molecule has 34 heavy (non-hydrogen) atoms. The van der Waals surface area contributed by atoms with Gasteiger partial charge in [-0.05, 0) is 75.8 Å². The zero-order valence-electron chi connectivity index (χ0n) is 18.9. The summed E-state index contributed by atoms with van der Waals surface area (Å²) in [4.78, 5) is 11.0. The highest BCUT2D eigenvalue weighted by molar-refractivity contribution is 7.93. The van der Waals surface area contributed by atoms with Gasteiger partial charge < -0.3 is 10.2 Å². The van der Waals surface area contributed by atoms with Crippen LogP contribution in [0.15, 0.2) is 53.7 Å². The predicted molar refractivity (Wildman–Crippen MR) is 133 cm³/mol. The molecule has 0 aliphatic carbocycles. The van der Waals surface area contributed by atoms with Crippen LogP contribution in [0.3, 0.4) is 0 Å². The molecule has 1 aromatic carbocycles. The Hall–Kier alpha value is -2.76. The molecule has 5 rings (SSSR count). The van der Waals surface area contributed by atoms with Crippen molar-refractivity contribution in [3.05, 3.63) is 48.7 Å². The van der Waals surface area contributed by atoms with Gasteiger partial charge in [0.15, 0.2) is 14.9 Å². The van der Waals surface area contributed by atoms with Gasteiger partial charge in [-0.3, -0.25) is 4.31 Å². The van der Waals surface area contributed by atoms with Gasteiger partial charge in [-0.2, -0.15) is 0 Å². The van der Waals surface area contributed by atoms with E-state index in [-0.39, 0.29) is 10.8 Å². The lowest BCUT2D eigenvalue weighted by atomic mass is 10.1. The lowest BCUT2D eigenvalue weighted by Crippen LogP contribution is -2.37. The maximum absolute atomic E-state index is 13.1. The third-order valence-electron chi connectivity index (χ3n) is 6.47. The first-order valence-electron chi connectivity index (χ1n) is 11.3. The molecule has 0 bridgehead atoms. The first-order valence-corrected chi connectivity index (χ1v) is 14.4. The number of piperidine rings is 1. The van der Waals surface area contributed by atoms with E-state index in [1.54, 1.807) is 48.7 Å². The zero-order valence-corrected chi connectivity index (χ0v) is 20.5. The van der Waals surface area contributed by atoms with Gasteiger partial charge in [0.05, 0.1) is 22.2 Å². The summed E-state index contributed by atoms with van der Waals surface area (Å²) in [6.07, 6.45) is 3.50. The summed E-state index contributed by atoms with van der Waals surface area (Å²) < 4.78 is 52.0. The summed E-state index contributed by atoms with van der Waals surface area (Å²) in [5.74, 6) is 0.701. The lowest BCUT2D eigenvalue weighted by Gasteiger charge is -2.28. The van der Waals surface area contributed by atoms with Crippen molar-refractivity contribution in [1.29, 1.82) is 0 Å². The van der Waals surface area contributed by atoms with E-state index < -0.39 is 25.1 Å². The van der Waals surface area contributed by atoms with Gasteiger partial charge in [0.2, 0.25) is 10.0 Å². The fourth-order valence-electron chi connectivity index (χ4n) is 4.48. The van der Waals surface area contributed by atoms with E-state index >= 15 is 0 Å². The molecule has 2 aliphatic rings. The van der Waals surface area contributed by atoms with Gasteiger partial charge in [0.1, 0.15) is 5.82 Å². The molecule has 3 aromatic rings. The van der Waals surface area contributed by atoms with Crippen LogP contribution in [0.4, 0.5) is 17.2 Å². The first-order chi connectivity index (χ1) is 16.2. The molecule has 0 saturated carbocycles. The average molecular weight is 502 g/mol. The second kappa shape index (κ2) is 8.79. The fraction of sp³-hybridized carbons (Fsp3) is 0.391. The van der Waals surface area contributed by atoms with E-state index in [2.05, 4.69) is 20.2 Å². The largest absolute Gasteiger partial charge is 0.340 e. The molecule has 11 heteroatoms. The highest BCUT2D eigenvalue weighted by Gasteiger charge is 2.31. The molecular formula is C23H27N5O4S2. The van der Waals surface area contributed by atoms with Crippen LogP contribution in [0.2, 0.25) is 0 Å². The molecule has 2 aliphatic heterocycles. The summed E-state index contributed by atoms with van der Waals surface area (Å²) in [6.45, 7) is 2.02. The van der Waals surface area contributed by atoms with Crippen LogP contribution in [0.5, 0.6) is 0 Å². The standard InChI is InChI=1S/C23H27N5O4S2/c1-27-12-9-20(10-13-27)34(31,32)23-8-3-17-16-24-22(15-21(17)26-23)25-18-4-6-19(7-5-18)28-11-2-14-33(28,29)30/h3-8,15-16,20H,2,9-14H2,1H3,(H,24,25). The lowest BCUT2D eigenvalue weighted by molar-refractivity contribution is 0.277. The summed E-state index contributed by atoms with van der Waals surface area (Å²) in [6, 6.07) is 12.1. The van der Waals surface area contributed by atoms with E-state index in [1.165, 1.54) is 4.31 Å². The van der Waals surface area contributed by atoms with Gasteiger partial charge in [0, 0.05) is 29.9 Å². The Morgan fingerprint density at radius 2 is 1.76 bits per heavy atom. The molecule has 0 spiro atoms. The number of sulfone groups is 1. The number of nitrogens with one attached hydrogen (secondary N) is 1. The molecule has 180 valence electrons. The van der Waals surface area contributed by atoms with Crippen molar-refractivity contribution in [3.63, 3.8) is 0 Å². The number of fused-ring (bicyclic) bond motifs is 1. The van der Waals surface area contributed by atoms with Crippen molar-refractivity contribution in [2.45, 2.75) is 29.5 Å². The number of sulfonamides is 1. The minimum Gasteiger partial charge on any atom is -0.340 e. The van der Waals surface area contributed by atoms with Gasteiger partial charge >= 0.3 is 0 Å². The topological polar surface area (TPSA) is 113 Å². The normalized spacial score (nSPS) is 19.5. The Balaban J connectivity index is 1.36.